The van der Waals surface area contributed by atoms with Crippen molar-refractivity contribution in [2.24, 2.45) is 9.98 Å². The number of nitrogens with zero attached hydrogens (tertiary/aromatic N) is 4. The Labute approximate surface area is 261 Å². The Morgan fingerprint density at radius 2 is 1.05 bits per heavy atom. The van der Waals surface area contributed by atoms with Gasteiger partial charge in [-0.05, 0) is 83.3 Å². The molecule has 1 saturated carbocycles. The van der Waals surface area contributed by atoms with E-state index in [0.717, 1.165) is 48.2 Å². The largest absolute Gasteiger partial charge is 0.507 e. The lowest BCUT2D eigenvalue weighted by molar-refractivity contribution is 0.390. The predicted octanol–water partition coefficient (Wildman–Crippen LogP) is 8.67. The van der Waals surface area contributed by atoms with E-state index in [0.29, 0.717) is 22.3 Å². The highest BCUT2D eigenvalue weighted by atomic mass is 16.3. The molecule has 5 rings (SSSR count). The van der Waals surface area contributed by atoms with Crippen LogP contribution in [0.2, 0.25) is 0 Å². The lowest BCUT2D eigenvalue weighted by Crippen LogP contribution is -2.27. The molecule has 2 aromatic heterocycles. The monoisotopic (exact) mass is 588 g/mol. The van der Waals surface area contributed by atoms with Crippen LogP contribution in [-0.4, -0.2) is 44.7 Å². The third kappa shape index (κ3) is 7.07. The van der Waals surface area contributed by atoms with E-state index in [2.05, 4.69) is 51.5 Å². The van der Waals surface area contributed by atoms with Gasteiger partial charge in [0.1, 0.15) is 11.5 Å². The maximum atomic E-state index is 11.3. The van der Waals surface area contributed by atoms with Gasteiger partial charge in [0.2, 0.25) is 0 Å². The van der Waals surface area contributed by atoms with Gasteiger partial charge in [0, 0.05) is 47.1 Å². The molecular weight excluding hydrogens is 544 g/mol. The van der Waals surface area contributed by atoms with Crippen LogP contribution in [0.5, 0.6) is 11.5 Å². The van der Waals surface area contributed by atoms with Crippen molar-refractivity contribution >= 4 is 12.4 Å². The number of benzene rings is 2. The fourth-order valence-electron chi connectivity index (χ4n) is 5.60. The summed E-state index contributed by atoms with van der Waals surface area (Å²) in [5.41, 5.74) is 6.21. The number of phenolic OH excluding ortho intramolecular Hbond substituents is 2. The molecule has 0 spiro atoms. The summed E-state index contributed by atoms with van der Waals surface area (Å²) in [5.74, 6) is 0.365. The minimum absolute atomic E-state index is 0.0285. The first kappa shape index (κ1) is 31.1. The predicted molar refractivity (Wildman–Crippen MR) is 181 cm³/mol. The summed E-state index contributed by atoms with van der Waals surface area (Å²) in [7, 11) is 0. The lowest BCUT2D eigenvalue weighted by atomic mass is 9.84. The van der Waals surface area contributed by atoms with E-state index >= 15 is 0 Å². The Hall–Kier alpha value is -4.32. The van der Waals surface area contributed by atoms with Crippen molar-refractivity contribution in [3.05, 3.63) is 95.3 Å². The number of aromatic hydroxyl groups is 2. The summed E-state index contributed by atoms with van der Waals surface area (Å²) in [6.45, 7) is 13.0. The van der Waals surface area contributed by atoms with Crippen LogP contribution in [0.25, 0.3) is 22.5 Å². The third-order valence-corrected chi connectivity index (χ3v) is 8.40. The smallest absolute Gasteiger partial charge is 0.133 e. The van der Waals surface area contributed by atoms with Crippen molar-refractivity contribution in [2.75, 3.05) is 0 Å². The van der Waals surface area contributed by atoms with E-state index in [4.69, 9.17) is 9.98 Å². The number of aliphatic imine (C=N–C) groups is 2. The Bertz CT molecular complexity index is 1520. The molecule has 2 aromatic carbocycles. The number of rotatable bonds is 6. The van der Waals surface area contributed by atoms with Crippen LogP contribution < -0.4 is 0 Å². The fourth-order valence-corrected chi connectivity index (χ4v) is 5.60. The van der Waals surface area contributed by atoms with Gasteiger partial charge in [0.25, 0.3) is 0 Å². The minimum atomic E-state index is -0.116. The zero-order valence-corrected chi connectivity index (χ0v) is 26.7. The van der Waals surface area contributed by atoms with Crippen molar-refractivity contribution < 1.29 is 10.2 Å². The van der Waals surface area contributed by atoms with Gasteiger partial charge in [-0.2, -0.15) is 0 Å². The average Bonchev–Trinajstić information content (AvgIpc) is 3.00. The molecule has 2 atom stereocenters. The van der Waals surface area contributed by atoms with E-state index in [1.807, 2.05) is 73.1 Å². The molecular formula is C38H44N4O2. The second kappa shape index (κ2) is 12.7. The summed E-state index contributed by atoms with van der Waals surface area (Å²) < 4.78 is 0. The van der Waals surface area contributed by atoms with E-state index in [-0.39, 0.29) is 34.4 Å². The molecule has 1 fully saturated rings. The maximum absolute atomic E-state index is 11.3. The summed E-state index contributed by atoms with van der Waals surface area (Å²) in [6.07, 6.45) is 11.1. The zero-order chi connectivity index (χ0) is 31.5. The van der Waals surface area contributed by atoms with E-state index in [1.54, 1.807) is 12.4 Å². The topological polar surface area (TPSA) is 91.0 Å². The fraction of sp³-hybridized carbons (Fsp3) is 0.368. The number of hydrogen-bond donors (Lipinski definition) is 2. The lowest BCUT2D eigenvalue weighted by Gasteiger charge is -2.26. The van der Waals surface area contributed by atoms with Crippen molar-refractivity contribution in [1.82, 2.24) is 9.97 Å². The molecule has 0 saturated heterocycles. The maximum Gasteiger partial charge on any atom is 0.133 e. The average molecular weight is 589 g/mol. The molecule has 4 aromatic rings. The second-order valence-electron chi connectivity index (χ2n) is 13.8. The number of pyridine rings is 2. The van der Waals surface area contributed by atoms with Crippen LogP contribution in [0.1, 0.15) is 89.5 Å². The molecule has 0 amide bonds. The van der Waals surface area contributed by atoms with Gasteiger partial charge < -0.3 is 10.2 Å². The SMILES string of the molecule is CC(C)(C)c1cc(C=NC2CCCCC2N=Cc2cc(C(C)(C)C)cc(-c3ccccn3)c2O)c(O)c(-c2ccccn2)c1. The Balaban J connectivity index is 1.48. The van der Waals surface area contributed by atoms with E-state index in [1.165, 1.54) is 0 Å². The highest BCUT2D eigenvalue weighted by molar-refractivity contribution is 5.90. The van der Waals surface area contributed by atoms with Crippen molar-refractivity contribution in [3.63, 3.8) is 0 Å². The van der Waals surface area contributed by atoms with Gasteiger partial charge in [-0.3, -0.25) is 20.0 Å². The molecule has 1 aliphatic carbocycles. The molecule has 6 nitrogen and oxygen atoms in total. The van der Waals surface area contributed by atoms with E-state index < -0.39 is 0 Å². The molecule has 0 bridgehead atoms. The Morgan fingerprint density at radius 1 is 0.636 bits per heavy atom. The Kier molecular flexibility index (Phi) is 9.00. The zero-order valence-electron chi connectivity index (χ0n) is 26.7. The molecule has 228 valence electrons. The van der Waals surface area contributed by atoms with Crippen LogP contribution in [0.4, 0.5) is 0 Å². The quantitative estimate of drug-likeness (QED) is 0.221. The molecule has 0 radical (unpaired) electrons. The van der Waals surface area contributed by atoms with Gasteiger partial charge >= 0.3 is 0 Å². The first-order valence-electron chi connectivity index (χ1n) is 15.6. The molecule has 0 aliphatic heterocycles. The summed E-state index contributed by atoms with van der Waals surface area (Å²) >= 11 is 0. The summed E-state index contributed by atoms with van der Waals surface area (Å²) in [4.78, 5) is 19.0. The van der Waals surface area contributed by atoms with Crippen LogP contribution in [0.15, 0.2) is 83.0 Å². The van der Waals surface area contributed by atoms with Crippen molar-refractivity contribution in [2.45, 2.75) is 90.1 Å². The molecule has 2 heterocycles. The standard InChI is InChI=1S/C38H44N4O2/c1-37(2,3)27-19-25(35(43)29(21-27)31-13-9-11-17-39-31)23-41-33-15-7-8-16-34(33)42-24-26-20-28(38(4,5)6)22-30(36(26)44)32-14-10-12-18-40-32/h9-14,17-24,33-34,43-44H,7-8,15-16H2,1-6H3. The van der Waals surface area contributed by atoms with Crippen molar-refractivity contribution in [3.8, 4) is 34.0 Å². The summed E-state index contributed by atoms with van der Waals surface area (Å²) in [6, 6.07) is 19.5. The minimum Gasteiger partial charge on any atom is -0.507 e. The van der Waals surface area contributed by atoms with Crippen LogP contribution in [0, 0.1) is 0 Å². The number of hydrogen-bond acceptors (Lipinski definition) is 6. The van der Waals surface area contributed by atoms with Gasteiger partial charge in [-0.25, -0.2) is 0 Å². The molecule has 2 unspecified atom stereocenters. The number of phenols is 2. The third-order valence-electron chi connectivity index (χ3n) is 8.40. The highest BCUT2D eigenvalue weighted by Crippen LogP contribution is 2.38. The van der Waals surface area contributed by atoms with E-state index in [9.17, 15) is 10.2 Å². The summed E-state index contributed by atoms with van der Waals surface area (Å²) in [5, 5.41) is 22.7. The molecule has 1 aliphatic rings. The molecule has 6 heteroatoms. The number of aromatic nitrogens is 2. The molecule has 2 N–H and O–H groups in total. The van der Waals surface area contributed by atoms with Gasteiger partial charge in [-0.1, -0.05) is 66.5 Å². The van der Waals surface area contributed by atoms with Crippen LogP contribution >= 0.6 is 0 Å². The van der Waals surface area contributed by atoms with Crippen LogP contribution in [0.3, 0.4) is 0 Å². The molecule has 44 heavy (non-hydrogen) atoms. The highest BCUT2D eigenvalue weighted by Gasteiger charge is 2.25. The van der Waals surface area contributed by atoms with Gasteiger partial charge in [-0.15, -0.1) is 0 Å². The van der Waals surface area contributed by atoms with Gasteiger partial charge in [0.15, 0.2) is 0 Å². The van der Waals surface area contributed by atoms with Crippen LogP contribution in [-0.2, 0) is 10.8 Å². The second-order valence-corrected chi connectivity index (χ2v) is 13.8. The normalized spacial score (nSPS) is 17.9. The van der Waals surface area contributed by atoms with Gasteiger partial charge in [0.05, 0.1) is 23.5 Å². The Morgan fingerprint density at radius 3 is 1.39 bits per heavy atom. The first-order valence-corrected chi connectivity index (χ1v) is 15.6. The first-order chi connectivity index (χ1) is 20.9. The van der Waals surface area contributed by atoms with Crippen molar-refractivity contribution in [1.29, 1.82) is 0 Å².